The Bertz CT molecular complexity index is 1300. The molecule has 1 saturated carbocycles. The number of alkyl halides is 2. The highest BCUT2D eigenvalue weighted by atomic mass is 127. The number of anilines is 2. The van der Waals surface area contributed by atoms with E-state index in [1.807, 2.05) is 22.6 Å². The summed E-state index contributed by atoms with van der Waals surface area (Å²) in [5.74, 6) is -3.42. The van der Waals surface area contributed by atoms with Crippen LogP contribution < -0.4 is 10.6 Å². The number of benzene rings is 2. The van der Waals surface area contributed by atoms with E-state index < -0.39 is 33.8 Å². The zero-order chi connectivity index (χ0) is 24.8. The van der Waals surface area contributed by atoms with Crippen LogP contribution in [0.25, 0.3) is 0 Å². The molecule has 176 valence electrons. The van der Waals surface area contributed by atoms with Gasteiger partial charge in [0.15, 0.2) is 11.6 Å². The number of rotatable bonds is 5. The van der Waals surface area contributed by atoms with Crippen LogP contribution in [0.15, 0.2) is 48.7 Å². The summed E-state index contributed by atoms with van der Waals surface area (Å²) in [4.78, 5) is 29.5. The van der Waals surface area contributed by atoms with Gasteiger partial charge in [0.1, 0.15) is 4.33 Å². The third-order valence-corrected chi connectivity index (χ3v) is 7.39. The zero-order valence-electron chi connectivity index (χ0n) is 16.7. The van der Waals surface area contributed by atoms with E-state index in [4.69, 9.17) is 58.0 Å². The Labute approximate surface area is 232 Å². The van der Waals surface area contributed by atoms with Crippen LogP contribution in [0.4, 0.5) is 15.9 Å². The lowest BCUT2D eigenvalue weighted by Crippen LogP contribution is -2.18. The van der Waals surface area contributed by atoms with Crippen molar-refractivity contribution in [1.29, 1.82) is 0 Å². The van der Waals surface area contributed by atoms with Gasteiger partial charge in [-0.25, -0.2) is 9.37 Å². The number of amides is 2. The first-order valence-corrected chi connectivity index (χ1v) is 12.5. The maximum Gasteiger partial charge on any atom is 0.258 e. The Balaban J connectivity index is 1.52. The maximum absolute atomic E-state index is 14.1. The molecule has 34 heavy (non-hydrogen) atoms. The van der Waals surface area contributed by atoms with E-state index in [1.165, 1.54) is 30.5 Å². The Morgan fingerprint density at radius 1 is 1.00 bits per heavy atom. The molecule has 0 unspecified atom stereocenters. The molecule has 4 rings (SSSR count). The molecule has 0 aliphatic heterocycles. The fraction of sp³-hybridized carbons (Fsp3) is 0.136. The van der Waals surface area contributed by atoms with Gasteiger partial charge in [-0.3, -0.25) is 9.59 Å². The number of hydrogen-bond acceptors (Lipinski definition) is 3. The fourth-order valence-corrected chi connectivity index (χ4v) is 5.49. The smallest absolute Gasteiger partial charge is 0.258 e. The molecule has 1 aliphatic rings. The topological polar surface area (TPSA) is 71.1 Å². The van der Waals surface area contributed by atoms with Crippen LogP contribution in [0, 0.1) is 15.3 Å². The van der Waals surface area contributed by atoms with E-state index in [0.29, 0.717) is 19.2 Å². The molecule has 0 radical (unpaired) electrons. The Morgan fingerprint density at radius 2 is 1.68 bits per heavy atom. The highest BCUT2D eigenvalue weighted by Gasteiger charge is 2.67. The van der Waals surface area contributed by atoms with Gasteiger partial charge in [0.25, 0.3) is 5.91 Å². The molecule has 0 spiro atoms. The summed E-state index contributed by atoms with van der Waals surface area (Å²) in [5, 5.41) is 5.95. The number of hydrogen-bond donors (Lipinski definition) is 2. The van der Waals surface area contributed by atoms with E-state index in [2.05, 4.69) is 15.6 Å². The van der Waals surface area contributed by atoms with Crippen LogP contribution >= 0.6 is 80.6 Å². The summed E-state index contributed by atoms with van der Waals surface area (Å²) in [5.41, 5.74) is 0.913. The first kappa shape index (κ1) is 25.7. The van der Waals surface area contributed by atoms with E-state index in [-0.39, 0.29) is 22.1 Å². The Morgan fingerprint density at radius 3 is 2.32 bits per heavy atom. The van der Waals surface area contributed by atoms with Crippen molar-refractivity contribution in [2.45, 2.75) is 10.3 Å². The summed E-state index contributed by atoms with van der Waals surface area (Å²) in [6, 6.07) is 10.4. The van der Waals surface area contributed by atoms with Crippen LogP contribution in [-0.2, 0) is 4.79 Å². The van der Waals surface area contributed by atoms with Crippen LogP contribution in [0.3, 0.4) is 0 Å². The minimum atomic E-state index is -1.36. The average Bonchev–Trinajstić information content (AvgIpc) is 3.33. The molecule has 12 heteroatoms. The van der Waals surface area contributed by atoms with Crippen LogP contribution in [-0.4, -0.2) is 21.1 Å². The molecule has 2 aromatic carbocycles. The lowest BCUT2D eigenvalue weighted by Gasteiger charge is -2.10. The second-order valence-electron chi connectivity index (χ2n) is 7.45. The second-order valence-corrected chi connectivity index (χ2v) is 11.4. The minimum Gasteiger partial charge on any atom is -0.326 e. The highest BCUT2D eigenvalue weighted by molar-refractivity contribution is 14.1. The van der Waals surface area contributed by atoms with Crippen molar-refractivity contribution in [3.8, 4) is 0 Å². The van der Waals surface area contributed by atoms with Crippen LogP contribution in [0.1, 0.15) is 21.8 Å². The molecule has 2 atom stereocenters. The van der Waals surface area contributed by atoms with Gasteiger partial charge in [0, 0.05) is 31.4 Å². The second kappa shape index (κ2) is 9.95. The van der Waals surface area contributed by atoms with Crippen molar-refractivity contribution in [1.82, 2.24) is 4.98 Å². The molecule has 1 heterocycles. The standard InChI is InChI=1S/C22H12Cl5FIN3O2/c23-10-3-9(4-11(24)5-10)17-18(22(17,26)27)21(34)31-13-1-2-15(25)14(7-13)20(33)32-19-16(28)6-12(29)8-30-19/h1-8,17-18H,(H,31,34)(H,30,32,33)/t17-,18+/m0/s1. The quantitative estimate of drug-likeness (QED) is 0.217. The van der Waals surface area contributed by atoms with Crippen LogP contribution in [0.2, 0.25) is 15.1 Å². The van der Waals surface area contributed by atoms with Gasteiger partial charge in [0.05, 0.1) is 16.5 Å². The third-order valence-electron chi connectivity index (χ3n) is 5.10. The number of carbonyl (C=O) groups is 2. The van der Waals surface area contributed by atoms with E-state index >= 15 is 0 Å². The lowest BCUT2D eigenvalue weighted by atomic mass is 10.1. The van der Waals surface area contributed by atoms with Gasteiger partial charge < -0.3 is 10.6 Å². The Kier molecular flexibility index (Phi) is 7.53. The summed E-state index contributed by atoms with van der Waals surface area (Å²) < 4.78 is 13.3. The Hall–Kier alpha value is -1.36. The normalized spacial score (nSPS) is 18.3. The SMILES string of the molecule is O=C(Nc1ncc(I)cc1F)c1cc(NC(=O)[C@H]2[C@H](c3cc(Cl)cc(Cl)c3)C2(Cl)Cl)ccc1Cl. The highest BCUT2D eigenvalue weighted by Crippen LogP contribution is 2.65. The van der Waals surface area contributed by atoms with Gasteiger partial charge in [-0.2, -0.15) is 0 Å². The van der Waals surface area contributed by atoms with Crippen molar-refractivity contribution < 1.29 is 14.0 Å². The molecule has 1 aromatic heterocycles. The number of halogens is 7. The lowest BCUT2D eigenvalue weighted by molar-refractivity contribution is -0.117. The molecular formula is C22H12Cl5FIN3O2. The first-order valence-electron chi connectivity index (χ1n) is 9.54. The first-order chi connectivity index (χ1) is 16.0. The van der Waals surface area contributed by atoms with Crippen molar-refractivity contribution >= 4 is 104 Å². The van der Waals surface area contributed by atoms with E-state index in [0.717, 1.165) is 0 Å². The zero-order valence-corrected chi connectivity index (χ0v) is 22.6. The molecule has 3 aromatic rings. The molecule has 1 fully saturated rings. The monoisotopic (exact) mass is 671 g/mol. The molecular weight excluding hydrogens is 661 g/mol. The molecule has 2 N–H and O–H groups in total. The van der Waals surface area contributed by atoms with Gasteiger partial charge >= 0.3 is 0 Å². The molecule has 5 nitrogen and oxygen atoms in total. The molecule has 2 amide bonds. The predicted molar refractivity (Wildman–Crippen MR) is 142 cm³/mol. The van der Waals surface area contributed by atoms with Crippen molar-refractivity contribution in [2.75, 3.05) is 10.6 Å². The van der Waals surface area contributed by atoms with Gasteiger partial charge in [-0.1, -0.05) is 34.8 Å². The summed E-state index contributed by atoms with van der Waals surface area (Å²) in [7, 11) is 0. The third kappa shape index (κ3) is 5.39. The van der Waals surface area contributed by atoms with Crippen molar-refractivity contribution in [3.63, 3.8) is 0 Å². The number of aromatic nitrogens is 1. The van der Waals surface area contributed by atoms with E-state index in [9.17, 15) is 14.0 Å². The molecule has 1 aliphatic carbocycles. The number of nitrogens with zero attached hydrogens (tertiary/aromatic N) is 1. The molecule has 0 saturated heterocycles. The van der Waals surface area contributed by atoms with Gasteiger partial charge in [-0.05, 0) is 70.6 Å². The van der Waals surface area contributed by atoms with Gasteiger partial charge in [-0.15, -0.1) is 23.2 Å². The molecule has 0 bridgehead atoms. The average molecular weight is 674 g/mol. The van der Waals surface area contributed by atoms with Crippen molar-refractivity contribution in [3.05, 3.63) is 84.2 Å². The predicted octanol–water partition coefficient (Wildman–Crippen LogP) is 7.56. The summed E-state index contributed by atoms with van der Waals surface area (Å²) >= 11 is 32.9. The minimum absolute atomic E-state index is 0.0104. The maximum atomic E-state index is 14.1. The largest absolute Gasteiger partial charge is 0.326 e. The van der Waals surface area contributed by atoms with Crippen LogP contribution in [0.5, 0.6) is 0 Å². The fourth-order valence-electron chi connectivity index (χ4n) is 3.50. The van der Waals surface area contributed by atoms with Gasteiger partial charge in [0.2, 0.25) is 5.91 Å². The number of pyridine rings is 1. The summed E-state index contributed by atoms with van der Waals surface area (Å²) in [6.45, 7) is 0. The number of nitrogens with one attached hydrogen (secondary N) is 2. The summed E-state index contributed by atoms with van der Waals surface area (Å²) in [6.07, 6.45) is 1.40. The number of carbonyl (C=O) groups excluding carboxylic acids is 2. The van der Waals surface area contributed by atoms with Crippen molar-refractivity contribution in [2.24, 2.45) is 5.92 Å². The van der Waals surface area contributed by atoms with E-state index in [1.54, 1.807) is 18.2 Å².